The number of esters is 1. The Kier molecular flexibility index (Phi) is 4.76. The first kappa shape index (κ1) is 12.5. The molecule has 4 heteroatoms. The van der Waals surface area contributed by atoms with Gasteiger partial charge in [-0.1, -0.05) is 0 Å². The Morgan fingerprint density at radius 3 is 2.81 bits per heavy atom. The summed E-state index contributed by atoms with van der Waals surface area (Å²) in [6.07, 6.45) is 3.53. The van der Waals surface area contributed by atoms with Crippen molar-refractivity contribution in [2.45, 2.75) is 20.8 Å². The average molecular weight is 222 g/mol. The van der Waals surface area contributed by atoms with Crippen LogP contribution < -0.4 is 4.90 Å². The molecular formula is C12H18N2O2. The number of hydrogen-bond donors (Lipinski definition) is 0. The van der Waals surface area contributed by atoms with E-state index in [2.05, 4.69) is 4.98 Å². The van der Waals surface area contributed by atoms with E-state index in [1.54, 1.807) is 12.4 Å². The number of rotatable bonds is 5. The Balaban J connectivity index is 2.75. The van der Waals surface area contributed by atoms with Crippen LogP contribution in [0.1, 0.15) is 19.4 Å². The third kappa shape index (κ3) is 3.22. The highest BCUT2D eigenvalue weighted by atomic mass is 16.5. The number of pyridine rings is 1. The molecule has 0 fully saturated rings. The van der Waals surface area contributed by atoms with E-state index >= 15 is 0 Å². The molecule has 0 aliphatic rings. The van der Waals surface area contributed by atoms with Crippen LogP contribution >= 0.6 is 0 Å². The standard InChI is InChI=1S/C12H18N2O2/c1-4-14(9-12(15)16-5-2)11-6-7-13-8-10(11)3/h6-8H,4-5,9H2,1-3H3. The van der Waals surface area contributed by atoms with E-state index in [-0.39, 0.29) is 12.5 Å². The second-order valence-electron chi connectivity index (χ2n) is 3.48. The fraction of sp³-hybridized carbons (Fsp3) is 0.500. The molecule has 0 aromatic carbocycles. The average Bonchev–Trinajstić information content (AvgIpc) is 2.27. The normalized spacial score (nSPS) is 9.94. The highest BCUT2D eigenvalue weighted by molar-refractivity contribution is 5.76. The molecule has 0 saturated carbocycles. The molecule has 88 valence electrons. The van der Waals surface area contributed by atoms with Crippen LogP contribution in [0.2, 0.25) is 0 Å². The Morgan fingerprint density at radius 1 is 1.50 bits per heavy atom. The van der Waals surface area contributed by atoms with Crippen molar-refractivity contribution < 1.29 is 9.53 Å². The van der Waals surface area contributed by atoms with Crippen LogP contribution in [0.25, 0.3) is 0 Å². The zero-order valence-corrected chi connectivity index (χ0v) is 10.1. The number of ether oxygens (including phenoxy) is 1. The first-order valence-electron chi connectivity index (χ1n) is 5.50. The monoisotopic (exact) mass is 222 g/mol. The summed E-state index contributed by atoms with van der Waals surface area (Å²) in [5.74, 6) is -0.194. The van der Waals surface area contributed by atoms with Gasteiger partial charge in [-0.15, -0.1) is 0 Å². The number of carbonyl (C=O) groups excluding carboxylic acids is 1. The van der Waals surface area contributed by atoms with Crippen molar-refractivity contribution in [1.82, 2.24) is 4.98 Å². The predicted molar refractivity (Wildman–Crippen MR) is 63.5 cm³/mol. The van der Waals surface area contributed by atoms with E-state index in [0.29, 0.717) is 6.61 Å². The summed E-state index contributed by atoms with van der Waals surface area (Å²) in [6, 6.07) is 1.91. The van der Waals surface area contributed by atoms with Crippen LogP contribution in [-0.4, -0.2) is 30.6 Å². The van der Waals surface area contributed by atoms with Crippen molar-refractivity contribution in [3.63, 3.8) is 0 Å². The van der Waals surface area contributed by atoms with Crippen molar-refractivity contribution in [2.24, 2.45) is 0 Å². The molecule has 4 nitrogen and oxygen atoms in total. The summed E-state index contributed by atoms with van der Waals surface area (Å²) >= 11 is 0. The largest absolute Gasteiger partial charge is 0.465 e. The molecule has 1 heterocycles. The molecule has 0 N–H and O–H groups in total. The summed E-state index contributed by atoms with van der Waals surface area (Å²) in [7, 11) is 0. The smallest absolute Gasteiger partial charge is 0.325 e. The summed E-state index contributed by atoms with van der Waals surface area (Å²) in [4.78, 5) is 17.4. The van der Waals surface area contributed by atoms with E-state index < -0.39 is 0 Å². The summed E-state index contributed by atoms with van der Waals surface area (Å²) in [6.45, 7) is 7.28. The van der Waals surface area contributed by atoms with Gasteiger partial charge in [-0.3, -0.25) is 9.78 Å². The molecule has 1 rings (SSSR count). The lowest BCUT2D eigenvalue weighted by atomic mass is 10.2. The van der Waals surface area contributed by atoms with Gasteiger partial charge >= 0.3 is 5.97 Å². The lowest BCUT2D eigenvalue weighted by Crippen LogP contribution is -2.31. The minimum atomic E-state index is -0.194. The Bertz CT molecular complexity index is 353. The minimum Gasteiger partial charge on any atom is -0.465 e. The number of carbonyl (C=O) groups is 1. The van der Waals surface area contributed by atoms with Crippen LogP contribution in [0, 0.1) is 6.92 Å². The highest BCUT2D eigenvalue weighted by Crippen LogP contribution is 2.17. The predicted octanol–water partition coefficient (Wildman–Crippen LogP) is 1.78. The number of anilines is 1. The molecule has 0 saturated heterocycles. The molecule has 16 heavy (non-hydrogen) atoms. The molecule has 0 spiro atoms. The van der Waals surface area contributed by atoms with Gasteiger partial charge in [-0.05, 0) is 32.4 Å². The number of likely N-dealkylation sites (N-methyl/N-ethyl adjacent to an activating group) is 1. The fourth-order valence-electron chi connectivity index (χ4n) is 1.55. The molecular weight excluding hydrogens is 204 g/mol. The number of hydrogen-bond acceptors (Lipinski definition) is 4. The Labute approximate surface area is 96.2 Å². The van der Waals surface area contributed by atoms with Crippen molar-refractivity contribution in [2.75, 3.05) is 24.6 Å². The van der Waals surface area contributed by atoms with Gasteiger partial charge in [-0.25, -0.2) is 0 Å². The topological polar surface area (TPSA) is 42.4 Å². The quantitative estimate of drug-likeness (QED) is 0.712. The maximum absolute atomic E-state index is 11.4. The maximum atomic E-state index is 11.4. The Morgan fingerprint density at radius 2 is 2.25 bits per heavy atom. The van der Waals surface area contributed by atoms with Crippen LogP contribution in [0.3, 0.4) is 0 Å². The van der Waals surface area contributed by atoms with Crippen LogP contribution in [0.5, 0.6) is 0 Å². The SMILES string of the molecule is CCOC(=O)CN(CC)c1ccncc1C. The van der Waals surface area contributed by atoms with Crippen molar-refractivity contribution in [3.05, 3.63) is 24.0 Å². The third-order valence-corrected chi connectivity index (χ3v) is 2.34. The molecule has 0 aliphatic carbocycles. The minimum absolute atomic E-state index is 0.194. The van der Waals surface area contributed by atoms with E-state index in [1.807, 2.05) is 31.7 Å². The van der Waals surface area contributed by atoms with Gasteiger partial charge in [0, 0.05) is 24.6 Å². The number of aromatic nitrogens is 1. The van der Waals surface area contributed by atoms with Gasteiger partial charge in [0.05, 0.1) is 6.61 Å². The Hall–Kier alpha value is -1.58. The molecule has 0 radical (unpaired) electrons. The molecule has 1 aromatic heterocycles. The van der Waals surface area contributed by atoms with E-state index in [1.165, 1.54) is 0 Å². The van der Waals surface area contributed by atoms with E-state index in [4.69, 9.17) is 4.74 Å². The van der Waals surface area contributed by atoms with Crippen LogP contribution in [0.4, 0.5) is 5.69 Å². The van der Waals surface area contributed by atoms with E-state index in [0.717, 1.165) is 17.8 Å². The van der Waals surface area contributed by atoms with Crippen molar-refractivity contribution >= 4 is 11.7 Å². The molecule has 0 amide bonds. The lowest BCUT2D eigenvalue weighted by Gasteiger charge is -2.23. The van der Waals surface area contributed by atoms with E-state index in [9.17, 15) is 4.79 Å². The second kappa shape index (κ2) is 6.10. The highest BCUT2D eigenvalue weighted by Gasteiger charge is 2.12. The van der Waals surface area contributed by atoms with Gasteiger partial charge < -0.3 is 9.64 Å². The first-order valence-corrected chi connectivity index (χ1v) is 5.50. The van der Waals surface area contributed by atoms with Gasteiger partial charge in [0.2, 0.25) is 0 Å². The third-order valence-electron chi connectivity index (χ3n) is 2.34. The summed E-state index contributed by atoms with van der Waals surface area (Å²) in [5, 5.41) is 0. The zero-order chi connectivity index (χ0) is 12.0. The summed E-state index contributed by atoms with van der Waals surface area (Å²) in [5.41, 5.74) is 2.10. The van der Waals surface area contributed by atoms with Crippen LogP contribution in [-0.2, 0) is 9.53 Å². The molecule has 0 unspecified atom stereocenters. The van der Waals surface area contributed by atoms with Gasteiger partial charge in [0.25, 0.3) is 0 Å². The van der Waals surface area contributed by atoms with Gasteiger partial charge in [-0.2, -0.15) is 0 Å². The molecule has 0 aliphatic heterocycles. The van der Waals surface area contributed by atoms with Gasteiger partial charge in [0.1, 0.15) is 6.54 Å². The maximum Gasteiger partial charge on any atom is 0.325 e. The molecule has 0 bridgehead atoms. The van der Waals surface area contributed by atoms with Crippen molar-refractivity contribution in [3.8, 4) is 0 Å². The van der Waals surface area contributed by atoms with Crippen LogP contribution in [0.15, 0.2) is 18.5 Å². The molecule has 1 aromatic rings. The van der Waals surface area contributed by atoms with Gasteiger partial charge in [0.15, 0.2) is 0 Å². The first-order chi connectivity index (χ1) is 7.69. The second-order valence-corrected chi connectivity index (χ2v) is 3.48. The zero-order valence-electron chi connectivity index (χ0n) is 10.1. The molecule has 0 atom stereocenters. The fourth-order valence-corrected chi connectivity index (χ4v) is 1.55. The summed E-state index contributed by atoms with van der Waals surface area (Å²) < 4.78 is 4.94. The number of nitrogens with zero attached hydrogens (tertiary/aromatic N) is 2. The number of aryl methyl sites for hydroxylation is 1. The van der Waals surface area contributed by atoms with Crippen molar-refractivity contribution in [1.29, 1.82) is 0 Å². The lowest BCUT2D eigenvalue weighted by molar-refractivity contribution is -0.141.